The van der Waals surface area contributed by atoms with E-state index >= 15 is 0 Å². The third-order valence-corrected chi connectivity index (χ3v) is 3.51. The molecule has 0 radical (unpaired) electrons. The average molecular weight is 233 g/mol. The van der Waals surface area contributed by atoms with E-state index in [1.807, 2.05) is 5.38 Å². The fraction of sp³-hybridized carbons (Fsp3) is 0.308. The molecule has 0 saturated heterocycles. The zero-order chi connectivity index (χ0) is 11.5. The molecule has 1 aromatic carbocycles. The van der Waals surface area contributed by atoms with Crippen molar-refractivity contribution in [1.29, 1.82) is 0 Å². The Labute approximate surface area is 99.6 Å². The van der Waals surface area contributed by atoms with Gasteiger partial charge in [-0.2, -0.15) is 0 Å². The third kappa shape index (κ3) is 2.49. The number of aliphatic hydroxyl groups excluding tert-OH is 1. The van der Waals surface area contributed by atoms with Crippen molar-refractivity contribution in [2.75, 3.05) is 0 Å². The van der Waals surface area contributed by atoms with Gasteiger partial charge in [0.05, 0.1) is 17.3 Å². The molecule has 0 aliphatic rings. The van der Waals surface area contributed by atoms with Crippen molar-refractivity contribution >= 4 is 11.3 Å². The molecule has 2 aromatic rings. The standard InChI is InChI=1S/C13H15NOS/c1-9-3-4-10(2)11(5-9)6-13-14-12(7-15)8-16-13/h3-5,8,15H,6-7H2,1-2H3. The van der Waals surface area contributed by atoms with E-state index in [2.05, 4.69) is 37.0 Å². The van der Waals surface area contributed by atoms with E-state index in [0.29, 0.717) is 0 Å². The van der Waals surface area contributed by atoms with Crippen LogP contribution in [0.2, 0.25) is 0 Å². The molecule has 1 N–H and O–H groups in total. The smallest absolute Gasteiger partial charge is 0.0973 e. The topological polar surface area (TPSA) is 33.1 Å². The van der Waals surface area contributed by atoms with Gasteiger partial charge in [0, 0.05) is 11.8 Å². The molecule has 0 aliphatic carbocycles. The van der Waals surface area contributed by atoms with E-state index < -0.39 is 0 Å². The van der Waals surface area contributed by atoms with Crippen molar-refractivity contribution in [1.82, 2.24) is 4.98 Å². The van der Waals surface area contributed by atoms with E-state index in [4.69, 9.17) is 5.11 Å². The first-order valence-corrected chi connectivity index (χ1v) is 6.17. The fourth-order valence-corrected chi connectivity index (χ4v) is 2.46. The van der Waals surface area contributed by atoms with Crippen LogP contribution < -0.4 is 0 Å². The highest BCUT2D eigenvalue weighted by Crippen LogP contribution is 2.18. The first-order valence-electron chi connectivity index (χ1n) is 5.29. The lowest BCUT2D eigenvalue weighted by Crippen LogP contribution is -1.93. The number of aliphatic hydroxyl groups is 1. The van der Waals surface area contributed by atoms with E-state index in [0.717, 1.165) is 17.1 Å². The number of aromatic nitrogens is 1. The molecule has 2 nitrogen and oxygen atoms in total. The number of rotatable bonds is 3. The van der Waals surface area contributed by atoms with Gasteiger partial charge >= 0.3 is 0 Å². The summed E-state index contributed by atoms with van der Waals surface area (Å²) in [6.07, 6.45) is 0.859. The second kappa shape index (κ2) is 4.76. The summed E-state index contributed by atoms with van der Waals surface area (Å²) in [7, 11) is 0. The molecule has 3 heteroatoms. The van der Waals surface area contributed by atoms with Crippen LogP contribution in [0.25, 0.3) is 0 Å². The Morgan fingerprint density at radius 3 is 2.81 bits per heavy atom. The molecular weight excluding hydrogens is 218 g/mol. The molecule has 0 aliphatic heterocycles. The summed E-state index contributed by atoms with van der Waals surface area (Å²) in [4.78, 5) is 4.36. The van der Waals surface area contributed by atoms with Crippen molar-refractivity contribution in [3.8, 4) is 0 Å². The minimum Gasteiger partial charge on any atom is -0.390 e. The lowest BCUT2D eigenvalue weighted by atomic mass is 10.0. The Bertz CT molecular complexity index is 490. The average Bonchev–Trinajstić information content (AvgIpc) is 2.71. The van der Waals surface area contributed by atoms with Crippen molar-refractivity contribution in [3.63, 3.8) is 0 Å². The molecule has 1 aromatic heterocycles. The number of hydrogen-bond donors (Lipinski definition) is 1. The Morgan fingerprint density at radius 1 is 1.31 bits per heavy atom. The van der Waals surface area contributed by atoms with Crippen LogP contribution in [0, 0.1) is 13.8 Å². The Balaban J connectivity index is 2.22. The molecule has 0 atom stereocenters. The number of hydrogen-bond acceptors (Lipinski definition) is 3. The molecule has 0 saturated carbocycles. The van der Waals surface area contributed by atoms with Gasteiger partial charge in [-0.1, -0.05) is 23.8 Å². The first kappa shape index (κ1) is 11.3. The quantitative estimate of drug-likeness (QED) is 0.884. The van der Waals surface area contributed by atoms with Crippen LogP contribution in [0.15, 0.2) is 23.6 Å². The second-order valence-corrected chi connectivity index (χ2v) is 4.94. The van der Waals surface area contributed by atoms with Crippen LogP contribution in [-0.4, -0.2) is 10.1 Å². The SMILES string of the molecule is Cc1ccc(C)c(Cc2nc(CO)cs2)c1. The number of nitrogens with zero attached hydrogens (tertiary/aromatic N) is 1. The largest absolute Gasteiger partial charge is 0.390 e. The summed E-state index contributed by atoms with van der Waals surface area (Å²) in [5, 5.41) is 11.9. The molecule has 0 unspecified atom stereocenters. The highest BCUT2D eigenvalue weighted by Gasteiger charge is 2.05. The molecule has 16 heavy (non-hydrogen) atoms. The second-order valence-electron chi connectivity index (χ2n) is 4.00. The fourth-order valence-electron chi connectivity index (χ4n) is 1.66. The van der Waals surface area contributed by atoms with Crippen molar-refractivity contribution in [2.45, 2.75) is 26.9 Å². The minimum atomic E-state index is 0.0311. The summed E-state index contributed by atoms with van der Waals surface area (Å²) in [6.45, 7) is 4.25. The lowest BCUT2D eigenvalue weighted by Gasteiger charge is -2.04. The van der Waals surface area contributed by atoms with E-state index in [1.54, 1.807) is 11.3 Å². The summed E-state index contributed by atoms with van der Waals surface area (Å²) < 4.78 is 0. The Kier molecular flexibility index (Phi) is 3.36. The van der Waals surface area contributed by atoms with Crippen molar-refractivity contribution in [2.24, 2.45) is 0 Å². The zero-order valence-electron chi connectivity index (χ0n) is 9.53. The van der Waals surface area contributed by atoms with Gasteiger partial charge < -0.3 is 5.11 Å². The minimum absolute atomic E-state index is 0.0311. The van der Waals surface area contributed by atoms with Crippen molar-refractivity contribution < 1.29 is 5.11 Å². The van der Waals surface area contributed by atoms with E-state index in [-0.39, 0.29) is 6.61 Å². The van der Waals surface area contributed by atoms with Gasteiger partial charge in [0.25, 0.3) is 0 Å². The number of thiazole rings is 1. The van der Waals surface area contributed by atoms with Crippen LogP contribution in [0.4, 0.5) is 0 Å². The summed E-state index contributed by atoms with van der Waals surface area (Å²) in [5.41, 5.74) is 4.66. The van der Waals surface area contributed by atoms with Gasteiger partial charge in [0.2, 0.25) is 0 Å². The lowest BCUT2D eigenvalue weighted by molar-refractivity contribution is 0.277. The van der Waals surface area contributed by atoms with E-state index in [1.165, 1.54) is 16.7 Å². The molecule has 84 valence electrons. The predicted molar refractivity (Wildman–Crippen MR) is 66.8 cm³/mol. The highest BCUT2D eigenvalue weighted by atomic mass is 32.1. The third-order valence-electron chi connectivity index (χ3n) is 2.61. The number of benzene rings is 1. The first-order chi connectivity index (χ1) is 7.69. The Morgan fingerprint density at radius 2 is 2.12 bits per heavy atom. The van der Waals surface area contributed by atoms with Crippen LogP contribution in [-0.2, 0) is 13.0 Å². The van der Waals surface area contributed by atoms with Crippen LogP contribution in [0.3, 0.4) is 0 Å². The molecule has 1 heterocycles. The monoisotopic (exact) mass is 233 g/mol. The maximum atomic E-state index is 8.96. The molecule has 0 amide bonds. The summed E-state index contributed by atoms with van der Waals surface area (Å²) in [6, 6.07) is 6.47. The highest BCUT2D eigenvalue weighted by molar-refractivity contribution is 7.09. The maximum Gasteiger partial charge on any atom is 0.0973 e. The molecule has 0 fully saturated rings. The zero-order valence-corrected chi connectivity index (χ0v) is 10.3. The van der Waals surface area contributed by atoms with Gasteiger partial charge in [-0.25, -0.2) is 4.98 Å². The van der Waals surface area contributed by atoms with Gasteiger partial charge in [-0.3, -0.25) is 0 Å². The predicted octanol–water partition coefficient (Wildman–Crippen LogP) is 2.84. The molecule has 0 spiro atoms. The van der Waals surface area contributed by atoms with E-state index in [9.17, 15) is 0 Å². The number of aryl methyl sites for hydroxylation is 2. The summed E-state index contributed by atoms with van der Waals surface area (Å²) >= 11 is 1.61. The van der Waals surface area contributed by atoms with Crippen LogP contribution in [0.1, 0.15) is 27.4 Å². The van der Waals surface area contributed by atoms with Crippen LogP contribution >= 0.6 is 11.3 Å². The van der Waals surface area contributed by atoms with Gasteiger partial charge in [0.1, 0.15) is 0 Å². The van der Waals surface area contributed by atoms with Gasteiger partial charge in [-0.05, 0) is 25.0 Å². The van der Waals surface area contributed by atoms with Gasteiger partial charge in [-0.15, -0.1) is 11.3 Å². The van der Waals surface area contributed by atoms with Crippen molar-refractivity contribution in [3.05, 3.63) is 51.0 Å². The Hall–Kier alpha value is -1.19. The molecule has 0 bridgehead atoms. The molecular formula is C13H15NOS. The normalized spacial score (nSPS) is 10.7. The van der Waals surface area contributed by atoms with Crippen LogP contribution in [0.5, 0.6) is 0 Å². The molecule has 2 rings (SSSR count). The van der Waals surface area contributed by atoms with Gasteiger partial charge in [0.15, 0.2) is 0 Å². The maximum absolute atomic E-state index is 8.96. The summed E-state index contributed by atoms with van der Waals surface area (Å²) in [5.74, 6) is 0.